The third-order valence-corrected chi connectivity index (χ3v) is 2.92. The molecule has 1 atom stereocenters. The van der Waals surface area contributed by atoms with Crippen molar-refractivity contribution in [1.29, 1.82) is 0 Å². The number of rotatable bonds is 9. The molecule has 0 aliphatic carbocycles. The van der Waals surface area contributed by atoms with Crippen molar-refractivity contribution in [3.63, 3.8) is 0 Å². The molecule has 1 N–H and O–H groups in total. The van der Waals surface area contributed by atoms with Crippen molar-refractivity contribution >= 4 is 0 Å². The Labute approximate surface area is 104 Å². The number of likely N-dealkylation sites (N-methyl/N-ethyl adjacent to an activating group) is 1. The van der Waals surface area contributed by atoms with Gasteiger partial charge in [0.25, 0.3) is 0 Å². The number of nitrogens with zero attached hydrogens (tertiary/aromatic N) is 1. The summed E-state index contributed by atoms with van der Waals surface area (Å²) in [7, 11) is 1.75. The van der Waals surface area contributed by atoms with Crippen molar-refractivity contribution < 1.29 is 9.15 Å². The fraction of sp³-hybridized carbons (Fsp3) is 0.692. The lowest BCUT2D eigenvalue weighted by atomic mass is 10.3. The first kappa shape index (κ1) is 14.2. The van der Waals surface area contributed by atoms with E-state index in [0.29, 0.717) is 6.04 Å². The third kappa shape index (κ3) is 5.35. The first-order chi connectivity index (χ1) is 8.27. The van der Waals surface area contributed by atoms with Crippen molar-refractivity contribution in [3.8, 4) is 0 Å². The molecule has 1 unspecified atom stereocenters. The Balaban J connectivity index is 2.15. The molecule has 1 rings (SSSR count). The minimum Gasteiger partial charge on any atom is -0.472 e. The van der Waals surface area contributed by atoms with Gasteiger partial charge < -0.3 is 14.5 Å². The van der Waals surface area contributed by atoms with Gasteiger partial charge >= 0.3 is 0 Å². The second-order valence-electron chi connectivity index (χ2n) is 4.24. The van der Waals surface area contributed by atoms with Crippen LogP contribution in [0, 0.1) is 0 Å². The van der Waals surface area contributed by atoms with Crippen LogP contribution in [-0.4, -0.2) is 44.3 Å². The lowest BCUT2D eigenvalue weighted by Crippen LogP contribution is -2.40. The molecule has 0 aliphatic rings. The van der Waals surface area contributed by atoms with Gasteiger partial charge in [0.05, 0.1) is 19.1 Å². The SMILES string of the molecule is CCN(CCNCc1ccoc1)C(C)COC. The Kier molecular flexibility index (Phi) is 6.93. The number of methoxy groups -OCH3 is 1. The highest BCUT2D eigenvalue weighted by Gasteiger charge is 2.10. The minimum absolute atomic E-state index is 0.473. The van der Waals surface area contributed by atoms with E-state index in [0.717, 1.165) is 32.8 Å². The fourth-order valence-electron chi connectivity index (χ4n) is 1.89. The molecule has 0 saturated heterocycles. The number of furan rings is 1. The van der Waals surface area contributed by atoms with E-state index in [9.17, 15) is 0 Å². The van der Waals surface area contributed by atoms with E-state index in [1.165, 1.54) is 5.56 Å². The molecule has 0 fully saturated rings. The largest absolute Gasteiger partial charge is 0.472 e. The molecule has 4 heteroatoms. The van der Waals surface area contributed by atoms with Gasteiger partial charge in [0.2, 0.25) is 0 Å². The van der Waals surface area contributed by atoms with Crippen LogP contribution < -0.4 is 5.32 Å². The van der Waals surface area contributed by atoms with Crippen LogP contribution in [0.3, 0.4) is 0 Å². The first-order valence-electron chi connectivity index (χ1n) is 6.22. The molecule has 98 valence electrons. The highest BCUT2D eigenvalue weighted by atomic mass is 16.5. The monoisotopic (exact) mass is 240 g/mol. The number of nitrogens with one attached hydrogen (secondary N) is 1. The summed E-state index contributed by atoms with van der Waals surface area (Å²) < 4.78 is 10.2. The maximum absolute atomic E-state index is 5.18. The molecule has 0 amide bonds. The van der Waals surface area contributed by atoms with Crippen molar-refractivity contribution in [2.24, 2.45) is 0 Å². The normalized spacial score (nSPS) is 13.2. The zero-order valence-corrected chi connectivity index (χ0v) is 11.1. The summed E-state index contributed by atoms with van der Waals surface area (Å²) in [5, 5.41) is 3.41. The second-order valence-corrected chi connectivity index (χ2v) is 4.24. The fourth-order valence-corrected chi connectivity index (χ4v) is 1.89. The molecule has 1 aromatic heterocycles. The molecular weight excluding hydrogens is 216 g/mol. The van der Waals surface area contributed by atoms with Gasteiger partial charge in [-0.25, -0.2) is 0 Å². The van der Waals surface area contributed by atoms with Crippen LogP contribution >= 0.6 is 0 Å². The lowest BCUT2D eigenvalue weighted by molar-refractivity contribution is 0.103. The van der Waals surface area contributed by atoms with E-state index >= 15 is 0 Å². The van der Waals surface area contributed by atoms with Crippen LogP contribution in [-0.2, 0) is 11.3 Å². The Morgan fingerprint density at radius 2 is 2.35 bits per heavy atom. The van der Waals surface area contributed by atoms with Crippen LogP contribution in [0.2, 0.25) is 0 Å². The molecule has 0 saturated carbocycles. The van der Waals surface area contributed by atoms with E-state index in [2.05, 4.69) is 24.1 Å². The van der Waals surface area contributed by atoms with Crippen LogP contribution in [0.15, 0.2) is 23.0 Å². The maximum atomic E-state index is 5.18. The molecule has 0 spiro atoms. The molecule has 0 radical (unpaired) electrons. The van der Waals surface area contributed by atoms with E-state index in [1.807, 2.05) is 6.07 Å². The molecule has 0 aliphatic heterocycles. The van der Waals surface area contributed by atoms with Gasteiger partial charge in [-0.2, -0.15) is 0 Å². The Bertz CT molecular complexity index is 275. The molecule has 4 nitrogen and oxygen atoms in total. The van der Waals surface area contributed by atoms with Crippen LogP contribution in [0.1, 0.15) is 19.4 Å². The maximum Gasteiger partial charge on any atom is 0.0947 e. The van der Waals surface area contributed by atoms with E-state index in [-0.39, 0.29) is 0 Å². The van der Waals surface area contributed by atoms with Crippen LogP contribution in [0.4, 0.5) is 0 Å². The van der Waals surface area contributed by atoms with Gasteiger partial charge in [0.1, 0.15) is 0 Å². The summed E-state index contributed by atoms with van der Waals surface area (Å²) >= 11 is 0. The van der Waals surface area contributed by atoms with Crippen LogP contribution in [0.5, 0.6) is 0 Å². The number of hydrogen-bond donors (Lipinski definition) is 1. The minimum atomic E-state index is 0.473. The summed E-state index contributed by atoms with van der Waals surface area (Å²) in [5.41, 5.74) is 1.19. The molecule has 1 heterocycles. The Morgan fingerprint density at radius 3 is 2.94 bits per heavy atom. The Hall–Kier alpha value is -0.840. The smallest absolute Gasteiger partial charge is 0.0947 e. The molecular formula is C13H24N2O2. The average Bonchev–Trinajstić information content (AvgIpc) is 2.82. The highest BCUT2D eigenvalue weighted by molar-refractivity contribution is 5.04. The zero-order chi connectivity index (χ0) is 12.5. The molecule has 1 aromatic rings. The Morgan fingerprint density at radius 1 is 1.53 bits per heavy atom. The quantitative estimate of drug-likeness (QED) is 0.667. The van der Waals surface area contributed by atoms with Crippen molar-refractivity contribution in [1.82, 2.24) is 10.2 Å². The lowest BCUT2D eigenvalue weighted by Gasteiger charge is -2.27. The van der Waals surface area contributed by atoms with Gasteiger partial charge in [-0.1, -0.05) is 6.92 Å². The van der Waals surface area contributed by atoms with E-state index in [1.54, 1.807) is 19.6 Å². The van der Waals surface area contributed by atoms with E-state index in [4.69, 9.17) is 9.15 Å². The van der Waals surface area contributed by atoms with Crippen molar-refractivity contribution in [3.05, 3.63) is 24.2 Å². The van der Waals surface area contributed by atoms with Gasteiger partial charge in [0, 0.05) is 38.3 Å². The molecule has 17 heavy (non-hydrogen) atoms. The highest BCUT2D eigenvalue weighted by Crippen LogP contribution is 2.00. The number of ether oxygens (including phenoxy) is 1. The first-order valence-corrected chi connectivity index (χ1v) is 6.22. The molecule has 0 bridgehead atoms. The summed E-state index contributed by atoms with van der Waals surface area (Å²) in [6.07, 6.45) is 3.48. The third-order valence-electron chi connectivity index (χ3n) is 2.92. The number of hydrogen-bond acceptors (Lipinski definition) is 4. The van der Waals surface area contributed by atoms with E-state index < -0.39 is 0 Å². The van der Waals surface area contributed by atoms with Gasteiger partial charge in [-0.05, 0) is 19.5 Å². The van der Waals surface area contributed by atoms with Crippen molar-refractivity contribution in [2.45, 2.75) is 26.4 Å². The van der Waals surface area contributed by atoms with Crippen molar-refractivity contribution in [2.75, 3.05) is 33.4 Å². The average molecular weight is 240 g/mol. The van der Waals surface area contributed by atoms with Gasteiger partial charge in [0.15, 0.2) is 0 Å². The van der Waals surface area contributed by atoms with Crippen LogP contribution in [0.25, 0.3) is 0 Å². The summed E-state index contributed by atoms with van der Waals surface area (Å²) in [4.78, 5) is 2.41. The predicted molar refractivity (Wildman–Crippen MR) is 69.0 cm³/mol. The summed E-state index contributed by atoms with van der Waals surface area (Å²) in [6, 6.07) is 2.46. The second kappa shape index (κ2) is 8.28. The summed E-state index contributed by atoms with van der Waals surface area (Å²) in [5.74, 6) is 0. The van der Waals surface area contributed by atoms with Gasteiger partial charge in [-0.3, -0.25) is 4.90 Å². The standard InChI is InChI=1S/C13H24N2O2/c1-4-15(12(2)10-16-3)7-6-14-9-13-5-8-17-11-13/h5,8,11-12,14H,4,6-7,9-10H2,1-3H3. The van der Waals surface area contributed by atoms with Gasteiger partial charge in [-0.15, -0.1) is 0 Å². The zero-order valence-electron chi connectivity index (χ0n) is 11.1. The molecule has 0 aromatic carbocycles. The predicted octanol–water partition coefficient (Wildman–Crippen LogP) is 1.73. The summed E-state index contributed by atoms with van der Waals surface area (Å²) in [6.45, 7) is 9.11. The topological polar surface area (TPSA) is 37.6 Å².